The van der Waals surface area contributed by atoms with Crippen LogP contribution in [0.15, 0.2) is 36.9 Å². The van der Waals surface area contributed by atoms with Crippen LogP contribution in [-0.2, 0) is 13.0 Å². The fourth-order valence-corrected chi connectivity index (χ4v) is 2.40. The van der Waals surface area contributed by atoms with Crippen molar-refractivity contribution in [2.75, 3.05) is 6.61 Å². The molecule has 0 spiro atoms. The molecular formula is C18H28ClN3O2. The Hall–Kier alpha value is -1.43. The molecule has 0 aliphatic carbocycles. The van der Waals surface area contributed by atoms with Gasteiger partial charge in [-0.15, -0.1) is 0 Å². The number of halogens is 1. The topological polar surface area (TPSA) is 71.2 Å². The van der Waals surface area contributed by atoms with Crippen LogP contribution >= 0.6 is 11.6 Å². The minimum absolute atomic E-state index is 0.250. The summed E-state index contributed by atoms with van der Waals surface area (Å²) in [5.41, 5.74) is 0.0479. The molecule has 0 saturated heterocycles. The van der Waals surface area contributed by atoms with Gasteiger partial charge in [0, 0.05) is 11.6 Å². The lowest BCUT2D eigenvalue weighted by molar-refractivity contribution is -0.0796. The summed E-state index contributed by atoms with van der Waals surface area (Å²) in [4.78, 5) is 3.94. The molecule has 5 nitrogen and oxygen atoms in total. The molecule has 2 rings (SSSR count). The summed E-state index contributed by atoms with van der Waals surface area (Å²) in [5, 5.41) is 23.5. The van der Waals surface area contributed by atoms with Crippen molar-refractivity contribution in [3.63, 3.8) is 0 Å². The number of aromatic nitrogens is 3. The molecule has 0 radical (unpaired) electrons. The molecule has 0 fully saturated rings. The summed E-state index contributed by atoms with van der Waals surface area (Å²) in [6.45, 7) is 8.51. The van der Waals surface area contributed by atoms with Crippen LogP contribution in [0.4, 0.5) is 0 Å². The highest BCUT2D eigenvalue weighted by atomic mass is 35.5. The molecule has 0 aliphatic heterocycles. The van der Waals surface area contributed by atoms with Gasteiger partial charge in [0.15, 0.2) is 0 Å². The first-order chi connectivity index (χ1) is 11.2. The molecule has 0 saturated carbocycles. The third-order valence-electron chi connectivity index (χ3n) is 4.03. The predicted molar refractivity (Wildman–Crippen MR) is 97.0 cm³/mol. The zero-order chi connectivity index (χ0) is 18.2. The standard InChI is InChI=1S/C16H22ClN3O.C2H6O/c1-15(2,3)16(21,10-20-12-18-11-19-20)9-8-13-4-6-14(17)7-5-13;1-2-3/h4-7,11-12,21H,8-10H2,1-3H3;3H,2H2,1H3. The second kappa shape index (κ2) is 9.16. The van der Waals surface area contributed by atoms with E-state index in [4.69, 9.17) is 16.7 Å². The van der Waals surface area contributed by atoms with Gasteiger partial charge in [0.05, 0.1) is 12.1 Å². The molecule has 6 heteroatoms. The summed E-state index contributed by atoms with van der Waals surface area (Å²) >= 11 is 5.90. The number of nitrogens with zero attached hydrogens (tertiary/aromatic N) is 3. The van der Waals surface area contributed by atoms with Gasteiger partial charge in [-0.25, -0.2) is 4.98 Å². The molecular weight excluding hydrogens is 326 g/mol. The normalized spacial score (nSPS) is 13.8. The predicted octanol–water partition coefficient (Wildman–Crippen LogP) is 3.34. The fourth-order valence-electron chi connectivity index (χ4n) is 2.28. The molecule has 2 N–H and O–H groups in total. The van der Waals surface area contributed by atoms with E-state index in [0.29, 0.717) is 13.0 Å². The second-order valence-electron chi connectivity index (χ2n) is 6.82. The van der Waals surface area contributed by atoms with Crippen molar-refractivity contribution < 1.29 is 10.2 Å². The molecule has 1 aromatic heterocycles. The van der Waals surface area contributed by atoms with Crippen LogP contribution in [0, 0.1) is 5.41 Å². The molecule has 1 heterocycles. The fraction of sp³-hybridized carbons (Fsp3) is 0.556. The van der Waals surface area contributed by atoms with Gasteiger partial charge >= 0.3 is 0 Å². The van der Waals surface area contributed by atoms with E-state index in [1.165, 1.54) is 11.9 Å². The molecule has 1 atom stereocenters. The van der Waals surface area contributed by atoms with E-state index < -0.39 is 5.60 Å². The van der Waals surface area contributed by atoms with Crippen molar-refractivity contribution in [1.82, 2.24) is 14.8 Å². The highest BCUT2D eigenvalue weighted by molar-refractivity contribution is 6.30. The maximum Gasteiger partial charge on any atom is 0.137 e. The van der Waals surface area contributed by atoms with Crippen molar-refractivity contribution >= 4 is 11.6 Å². The van der Waals surface area contributed by atoms with E-state index >= 15 is 0 Å². The molecule has 2 aromatic rings. The zero-order valence-electron chi connectivity index (χ0n) is 14.9. The van der Waals surface area contributed by atoms with Gasteiger partial charge in [-0.2, -0.15) is 5.10 Å². The van der Waals surface area contributed by atoms with E-state index in [2.05, 4.69) is 10.1 Å². The lowest BCUT2D eigenvalue weighted by Crippen LogP contribution is -2.47. The summed E-state index contributed by atoms with van der Waals surface area (Å²) in [6, 6.07) is 7.76. The maximum atomic E-state index is 11.1. The monoisotopic (exact) mass is 353 g/mol. The molecule has 0 bridgehead atoms. The molecule has 134 valence electrons. The Morgan fingerprint density at radius 2 is 1.75 bits per heavy atom. The third-order valence-corrected chi connectivity index (χ3v) is 4.28. The Balaban J connectivity index is 0.000000891. The average Bonchev–Trinajstić information content (AvgIpc) is 2.99. The van der Waals surface area contributed by atoms with Gasteiger partial charge in [0.25, 0.3) is 0 Å². The van der Waals surface area contributed by atoms with Gasteiger partial charge in [0.1, 0.15) is 12.7 Å². The van der Waals surface area contributed by atoms with Crippen molar-refractivity contribution in [3.05, 3.63) is 47.5 Å². The number of aliphatic hydroxyl groups excluding tert-OH is 1. The molecule has 24 heavy (non-hydrogen) atoms. The molecule has 1 aromatic carbocycles. The Morgan fingerprint density at radius 3 is 2.21 bits per heavy atom. The first-order valence-electron chi connectivity index (χ1n) is 8.12. The first kappa shape index (κ1) is 20.6. The summed E-state index contributed by atoms with van der Waals surface area (Å²) in [7, 11) is 0. The van der Waals surface area contributed by atoms with Crippen molar-refractivity contribution in [3.8, 4) is 0 Å². The lowest BCUT2D eigenvalue weighted by Gasteiger charge is -2.40. The van der Waals surface area contributed by atoms with Crippen LogP contribution < -0.4 is 0 Å². The van der Waals surface area contributed by atoms with Crippen molar-refractivity contribution in [2.45, 2.75) is 52.7 Å². The SMILES string of the molecule is CC(C)(C)C(O)(CCc1ccc(Cl)cc1)Cn1cncn1.CCO. The highest BCUT2D eigenvalue weighted by Gasteiger charge is 2.40. The Morgan fingerprint density at radius 1 is 1.17 bits per heavy atom. The van der Waals surface area contributed by atoms with Crippen molar-refractivity contribution in [2.24, 2.45) is 5.41 Å². The van der Waals surface area contributed by atoms with Gasteiger partial charge in [-0.05, 0) is 42.9 Å². The zero-order valence-corrected chi connectivity index (χ0v) is 15.7. The third kappa shape index (κ3) is 6.23. The Kier molecular flexibility index (Phi) is 7.87. The number of hydrogen-bond acceptors (Lipinski definition) is 4. The quantitative estimate of drug-likeness (QED) is 0.864. The van der Waals surface area contributed by atoms with Crippen LogP contribution in [0.2, 0.25) is 5.02 Å². The minimum atomic E-state index is -0.861. The van der Waals surface area contributed by atoms with E-state index in [0.717, 1.165) is 11.4 Å². The number of aryl methyl sites for hydroxylation is 1. The number of benzene rings is 1. The average molecular weight is 354 g/mol. The van der Waals surface area contributed by atoms with Gasteiger partial charge in [-0.3, -0.25) is 4.68 Å². The Labute approximate surface area is 149 Å². The van der Waals surface area contributed by atoms with Gasteiger partial charge < -0.3 is 10.2 Å². The van der Waals surface area contributed by atoms with E-state index in [9.17, 15) is 5.11 Å². The number of hydrogen-bond donors (Lipinski definition) is 2. The van der Waals surface area contributed by atoms with Gasteiger partial charge in [0.2, 0.25) is 0 Å². The maximum absolute atomic E-state index is 11.1. The second-order valence-corrected chi connectivity index (χ2v) is 7.25. The van der Waals surface area contributed by atoms with Crippen LogP contribution in [0.3, 0.4) is 0 Å². The summed E-state index contributed by atoms with van der Waals surface area (Å²) < 4.78 is 1.69. The minimum Gasteiger partial charge on any atom is -0.397 e. The van der Waals surface area contributed by atoms with E-state index in [-0.39, 0.29) is 12.0 Å². The molecule has 1 unspecified atom stereocenters. The largest absolute Gasteiger partial charge is 0.397 e. The van der Waals surface area contributed by atoms with E-state index in [1.54, 1.807) is 17.9 Å². The lowest BCUT2D eigenvalue weighted by atomic mass is 9.73. The van der Waals surface area contributed by atoms with Crippen LogP contribution in [0.1, 0.15) is 39.7 Å². The molecule has 0 amide bonds. The smallest absolute Gasteiger partial charge is 0.137 e. The van der Waals surface area contributed by atoms with E-state index in [1.807, 2.05) is 45.0 Å². The summed E-state index contributed by atoms with van der Waals surface area (Å²) in [6.07, 6.45) is 4.57. The number of aliphatic hydroxyl groups is 2. The molecule has 0 aliphatic rings. The van der Waals surface area contributed by atoms with Crippen LogP contribution in [-0.4, -0.2) is 37.2 Å². The summed E-state index contributed by atoms with van der Waals surface area (Å²) in [5.74, 6) is 0. The van der Waals surface area contributed by atoms with Gasteiger partial charge in [-0.1, -0.05) is 44.5 Å². The number of rotatable bonds is 5. The van der Waals surface area contributed by atoms with Crippen LogP contribution in [0.25, 0.3) is 0 Å². The Bertz CT molecular complexity index is 579. The van der Waals surface area contributed by atoms with Crippen LogP contribution in [0.5, 0.6) is 0 Å². The van der Waals surface area contributed by atoms with Crippen molar-refractivity contribution in [1.29, 1.82) is 0 Å². The first-order valence-corrected chi connectivity index (χ1v) is 8.49. The highest BCUT2D eigenvalue weighted by Crippen LogP contribution is 2.35.